The molecule has 0 radical (unpaired) electrons. The van der Waals surface area contributed by atoms with Crippen LogP contribution >= 0.6 is 23.2 Å². The fraction of sp³-hybridized carbons (Fsp3) is 0.571. The molecule has 0 spiro atoms. The molecule has 1 aromatic rings. The Balaban J connectivity index is 1.88. The minimum atomic E-state index is 0.209. The van der Waals surface area contributed by atoms with Crippen LogP contribution in [0.3, 0.4) is 0 Å². The predicted molar refractivity (Wildman–Crippen MR) is 76.5 cm³/mol. The molecule has 0 amide bonds. The van der Waals surface area contributed by atoms with Crippen LogP contribution in [0.5, 0.6) is 0 Å². The van der Waals surface area contributed by atoms with Crippen LogP contribution in [-0.2, 0) is 4.74 Å². The SMILES string of the molecule is CC(NCC1CCCCO1)c1ccc(Cl)cc1Cl. The van der Waals surface area contributed by atoms with E-state index >= 15 is 0 Å². The Morgan fingerprint density at radius 3 is 2.89 bits per heavy atom. The fourth-order valence-corrected chi connectivity index (χ4v) is 2.81. The minimum Gasteiger partial charge on any atom is -0.377 e. The number of benzene rings is 1. The summed E-state index contributed by atoms with van der Waals surface area (Å²) in [6.45, 7) is 3.88. The molecule has 18 heavy (non-hydrogen) atoms. The number of ether oxygens (including phenoxy) is 1. The van der Waals surface area contributed by atoms with E-state index in [-0.39, 0.29) is 6.04 Å². The molecule has 2 rings (SSSR count). The molecule has 1 N–H and O–H groups in total. The molecule has 2 atom stereocenters. The lowest BCUT2D eigenvalue weighted by atomic mass is 10.1. The highest BCUT2D eigenvalue weighted by molar-refractivity contribution is 6.35. The van der Waals surface area contributed by atoms with Crippen molar-refractivity contribution >= 4 is 23.2 Å². The van der Waals surface area contributed by atoms with E-state index in [0.717, 1.165) is 25.1 Å². The van der Waals surface area contributed by atoms with E-state index in [1.54, 1.807) is 6.07 Å². The number of nitrogens with one attached hydrogen (secondary N) is 1. The highest BCUT2D eigenvalue weighted by Gasteiger charge is 2.16. The third kappa shape index (κ3) is 3.86. The predicted octanol–water partition coefficient (Wildman–Crippen LogP) is 4.21. The van der Waals surface area contributed by atoms with Gasteiger partial charge in [0.2, 0.25) is 0 Å². The summed E-state index contributed by atoms with van der Waals surface area (Å²) in [6, 6.07) is 5.84. The highest BCUT2D eigenvalue weighted by atomic mass is 35.5. The number of halogens is 2. The number of hydrogen-bond donors (Lipinski definition) is 1. The minimum absolute atomic E-state index is 0.209. The van der Waals surface area contributed by atoms with Crippen LogP contribution in [0.1, 0.15) is 37.8 Å². The zero-order valence-electron chi connectivity index (χ0n) is 10.6. The van der Waals surface area contributed by atoms with Gasteiger partial charge < -0.3 is 10.1 Å². The zero-order valence-corrected chi connectivity index (χ0v) is 12.1. The largest absolute Gasteiger partial charge is 0.377 e. The Morgan fingerprint density at radius 2 is 2.22 bits per heavy atom. The third-order valence-electron chi connectivity index (χ3n) is 3.35. The first-order valence-electron chi connectivity index (χ1n) is 6.47. The first kappa shape index (κ1) is 14.1. The van der Waals surface area contributed by atoms with E-state index in [1.165, 1.54) is 12.8 Å². The molecule has 1 aliphatic rings. The summed E-state index contributed by atoms with van der Waals surface area (Å²) in [6.07, 6.45) is 3.94. The molecule has 2 nitrogen and oxygen atoms in total. The second kappa shape index (κ2) is 6.76. The van der Waals surface area contributed by atoms with E-state index in [4.69, 9.17) is 27.9 Å². The van der Waals surface area contributed by atoms with Gasteiger partial charge in [-0.2, -0.15) is 0 Å². The molecule has 1 aromatic carbocycles. The average molecular weight is 288 g/mol. The van der Waals surface area contributed by atoms with Crippen molar-refractivity contribution in [2.24, 2.45) is 0 Å². The molecule has 0 bridgehead atoms. The van der Waals surface area contributed by atoms with Crippen LogP contribution in [0.4, 0.5) is 0 Å². The molecule has 4 heteroatoms. The average Bonchev–Trinajstić information content (AvgIpc) is 2.37. The van der Waals surface area contributed by atoms with Crippen molar-refractivity contribution in [3.8, 4) is 0 Å². The van der Waals surface area contributed by atoms with E-state index in [1.807, 2.05) is 12.1 Å². The summed E-state index contributed by atoms with van der Waals surface area (Å²) in [5.74, 6) is 0. The molecule has 1 fully saturated rings. The molecule has 0 aliphatic carbocycles. The highest BCUT2D eigenvalue weighted by Crippen LogP contribution is 2.26. The van der Waals surface area contributed by atoms with Gasteiger partial charge in [0, 0.05) is 29.2 Å². The quantitative estimate of drug-likeness (QED) is 0.896. The Kier molecular flexibility index (Phi) is 5.31. The van der Waals surface area contributed by atoms with Crippen molar-refractivity contribution in [1.82, 2.24) is 5.32 Å². The summed E-state index contributed by atoms with van der Waals surface area (Å²) in [5.41, 5.74) is 1.08. The maximum absolute atomic E-state index is 6.19. The Hall–Kier alpha value is -0.280. The molecular formula is C14H19Cl2NO. The zero-order chi connectivity index (χ0) is 13.0. The van der Waals surface area contributed by atoms with Gasteiger partial charge in [-0.05, 0) is 43.9 Å². The second-order valence-corrected chi connectivity index (χ2v) is 5.63. The van der Waals surface area contributed by atoms with E-state index in [2.05, 4.69) is 12.2 Å². The molecule has 0 saturated carbocycles. The summed E-state index contributed by atoms with van der Waals surface area (Å²) in [7, 11) is 0. The molecular weight excluding hydrogens is 269 g/mol. The summed E-state index contributed by atoms with van der Waals surface area (Å²) in [5, 5.41) is 4.86. The maximum atomic E-state index is 6.19. The Morgan fingerprint density at radius 1 is 1.39 bits per heavy atom. The van der Waals surface area contributed by atoms with E-state index in [9.17, 15) is 0 Å². The summed E-state index contributed by atoms with van der Waals surface area (Å²) >= 11 is 12.1. The normalized spacial score (nSPS) is 21.8. The lowest BCUT2D eigenvalue weighted by Gasteiger charge is -2.25. The first-order valence-corrected chi connectivity index (χ1v) is 7.22. The molecule has 0 aromatic heterocycles. The summed E-state index contributed by atoms with van der Waals surface area (Å²) in [4.78, 5) is 0. The molecule has 1 aliphatic heterocycles. The van der Waals surface area contributed by atoms with Gasteiger partial charge in [-0.1, -0.05) is 29.3 Å². The smallest absolute Gasteiger partial charge is 0.0699 e. The molecule has 2 unspecified atom stereocenters. The van der Waals surface area contributed by atoms with Crippen molar-refractivity contribution in [2.75, 3.05) is 13.2 Å². The van der Waals surface area contributed by atoms with Crippen molar-refractivity contribution in [2.45, 2.75) is 38.3 Å². The van der Waals surface area contributed by atoms with Crippen molar-refractivity contribution in [3.63, 3.8) is 0 Å². The van der Waals surface area contributed by atoms with Crippen LogP contribution in [-0.4, -0.2) is 19.3 Å². The lowest BCUT2D eigenvalue weighted by molar-refractivity contribution is 0.0156. The van der Waals surface area contributed by atoms with Crippen LogP contribution < -0.4 is 5.32 Å². The van der Waals surface area contributed by atoms with Gasteiger partial charge >= 0.3 is 0 Å². The van der Waals surface area contributed by atoms with Crippen molar-refractivity contribution in [3.05, 3.63) is 33.8 Å². The van der Waals surface area contributed by atoms with Crippen LogP contribution in [0, 0.1) is 0 Å². The maximum Gasteiger partial charge on any atom is 0.0699 e. The van der Waals surface area contributed by atoms with Gasteiger partial charge in [0.25, 0.3) is 0 Å². The lowest BCUT2D eigenvalue weighted by Crippen LogP contribution is -2.33. The van der Waals surface area contributed by atoms with Crippen LogP contribution in [0.2, 0.25) is 10.0 Å². The first-order chi connectivity index (χ1) is 8.66. The second-order valence-electron chi connectivity index (χ2n) is 4.78. The Bertz CT molecular complexity index is 391. The van der Waals surface area contributed by atoms with Gasteiger partial charge in [0.15, 0.2) is 0 Å². The number of hydrogen-bond acceptors (Lipinski definition) is 2. The molecule has 1 saturated heterocycles. The van der Waals surface area contributed by atoms with Crippen LogP contribution in [0.25, 0.3) is 0 Å². The van der Waals surface area contributed by atoms with Crippen molar-refractivity contribution < 1.29 is 4.74 Å². The van der Waals surface area contributed by atoms with Gasteiger partial charge in [-0.25, -0.2) is 0 Å². The van der Waals surface area contributed by atoms with Gasteiger partial charge in [-0.3, -0.25) is 0 Å². The fourth-order valence-electron chi connectivity index (χ4n) is 2.24. The summed E-state index contributed by atoms with van der Waals surface area (Å²) < 4.78 is 5.70. The topological polar surface area (TPSA) is 21.3 Å². The number of rotatable bonds is 4. The molecule has 100 valence electrons. The van der Waals surface area contributed by atoms with Gasteiger partial charge in [0.1, 0.15) is 0 Å². The monoisotopic (exact) mass is 287 g/mol. The Labute approximate surface area is 119 Å². The molecule has 1 heterocycles. The van der Waals surface area contributed by atoms with E-state index < -0.39 is 0 Å². The van der Waals surface area contributed by atoms with Crippen molar-refractivity contribution in [1.29, 1.82) is 0 Å². The van der Waals surface area contributed by atoms with E-state index in [0.29, 0.717) is 16.1 Å². The van der Waals surface area contributed by atoms with Crippen LogP contribution in [0.15, 0.2) is 18.2 Å². The standard InChI is InChI=1S/C14H19Cl2NO/c1-10(13-6-5-11(15)8-14(13)16)17-9-12-4-2-3-7-18-12/h5-6,8,10,12,17H,2-4,7,9H2,1H3. The third-order valence-corrected chi connectivity index (χ3v) is 3.92. The van der Waals surface area contributed by atoms with Gasteiger partial charge in [-0.15, -0.1) is 0 Å². The van der Waals surface area contributed by atoms with Gasteiger partial charge in [0.05, 0.1) is 6.10 Å².